The van der Waals surface area contributed by atoms with Crippen LogP contribution in [0, 0.1) is 17.8 Å². The summed E-state index contributed by atoms with van der Waals surface area (Å²) < 4.78 is 0. The number of nitrogens with two attached hydrogens (primary N) is 1. The first-order chi connectivity index (χ1) is 7.34. The Labute approximate surface area is 90.1 Å². The average molecular weight is 203 g/mol. The van der Waals surface area contributed by atoms with Gasteiger partial charge in [-0.1, -0.05) is 6.42 Å². The zero-order chi connectivity index (χ0) is 10.3. The summed E-state index contributed by atoms with van der Waals surface area (Å²) in [6, 6.07) is 0.154. The Balaban J connectivity index is 1.78. The second-order valence-electron chi connectivity index (χ2n) is 5.04. The van der Waals surface area contributed by atoms with Gasteiger partial charge in [-0.2, -0.15) is 0 Å². The van der Waals surface area contributed by atoms with Gasteiger partial charge in [-0.3, -0.25) is 0 Å². The van der Waals surface area contributed by atoms with E-state index < -0.39 is 0 Å². The molecule has 0 spiro atoms. The summed E-state index contributed by atoms with van der Waals surface area (Å²) in [6.45, 7) is 0. The Kier molecular flexibility index (Phi) is 2.20. The van der Waals surface area contributed by atoms with Gasteiger partial charge in [-0.05, 0) is 37.0 Å². The van der Waals surface area contributed by atoms with Crippen molar-refractivity contribution in [1.29, 1.82) is 0 Å². The highest BCUT2D eigenvalue weighted by Gasteiger charge is 2.42. The smallest absolute Gasteiger partial charge is 0.115 e. The van der Waals surface area contributed by atoms with Crippen LogP contribution in [0.1, 0.15) is 37.3 Å². The zero-order valence-corrected chi connectivity index (χ0v) is 8.84. The molecule has 0 radical (unpaired) electrons. The standard InChI is InChI=1S/C12H17N3/c13-12(10-5-14-7-15-6-10)11-4-8-1-2-9(11)3-8/h5-9,11-12H,1-4,13H2. The fraction of sp³-hybridized carbons (Fsp3) is 0.667. The summed E-state index contributed by atoms with van der Waals surface area (Å²) in [7, 11) is 0. The predicted molar refractivity (Wildman–Crippen MR) is 57.9 cm³/mol. The quantitative estimate of drug-likeness (QED) is 0.798. The van der Waals surface area contributed by atoms with Crippen LogP contribution >= 0.6 is 0 Å². The van der Waals surface area contributed by atoms with Gasteiger partial charge in [-0.15, -0.1) is 0 Å². The lowest BCUT2D eigenvalue weighted by atomic mass is 9.81. The number of hydrogen-bond donors (Lipinski definition) is 1. The Morgan fingerprint density at radius 1 is 1.20 bits per heavy atom. The van der Waals surface area contributed by atoms with Gasteiger partial charge < -0.3 is 5.73 Å². The molecule has 4 atom stereocenters. The van der Waals surface area contributed by atoms with Crippen LogP contribution in [0.4, 0.5) is 0 Å². The van der Waals surface area contributed by atoms with Gasteiger partial charge in [0.15, 0.2) is 0 Å². The second-order valence-corrected chi connectivity index (χ2v) is 5.04. The first-order valence-corrected chi connectivity index (χ1v) is 5.85. The molecule has 2 bridgehead atoms. The maximum Gasteiger partial charge on any atom is 0.115 e. The molecule has 2 aliphatic rings. The Morgan fingerprint density at radius 3 is 2.60 bits per heavy atom. The molecule has 1 aromatic heterocycles. The van der Waals surface area contributed by atoms with Crippen LogP contribution in [0.2, 0.25) is 0 Å². The summed E-state index contributed by atoms with van der Waals surface area (Å²) in [5, 5.41) is 0. The molecule has 1 aromatic rings. The van der Waals surface area contributed by atoms with Crippen LogP contribution < -0.4 is 5.73 Å². The van der Waals surface area contributed by atoms with Crippen molar-refractivity contribution in [3.8, 4) is 0 Å². The lowest BCUT2D eigenvalue weighted by Gasteiger charge is -2.27. The fourth-order valence-electron chi connectivity index (χ4n) is 3.46. The van der Waals surface area contributed by atoms with Crippen LogP contribution in [0.15, 0.2) is 18.7 Å². The third-order valence-corrected chi connectivity index (χ3v) is 4.22. The molecule has 1 heterocycles. The summed E-state index contributed by atoms with van der Waals surface area (Å²) in [6.07, 6.45) is 10.8. The van der Waals surface area contributed by atoms with Gasteiger partial charge in [-0.25, -0.2) is 9.97 Å². The molecule has 0 amide bonds. The van der Waals surface area contributed by atoms with E-state index in [0.29, 0.717) is 5.92 Å². The highest BCUT2D eigenvalue weighted by molar-refractivity contribution is 5.12. The molecule has 2 fully saturated rings. The average Bonchev–Trinajstić information content (AvgIpc) is 2.91. The van der Waals surface area contributed by atoms with Gasteiger partial charge in [0.1, 0.15) is 6.33 Å². The maximum atomic E-state index is 6.31. The molecule has 3 rings (SSSR count). The number of nitrogens with zero attached hydrogens (tertiary/aromatic N) is 2. The van der Waals surface area contributed by atoms with Gasteiger partial charge in [0.2, 0.25) is 0 Å². The van der Waals surface area contributed by atoms with E-state index in [2.05, 4.69) is 9.97 Å². The van der Waals surface area contributed by atoms with Crippen molar-refractivity contribution < 1.29 is 0 Å². The zero-order valence-electron chi connectivity index (χ0n) is 8.84. The van der Waals surface area contributed by atoms with E-state index in [1.54, 1.807) is 6.33 Å². The SMILES string of the molecule is NC(c1cncnc1)C1CC2CCC1C2. The van der Waals surface area contributed by atoms with Crippen LogP contribution in [-0.4, -0.2) is 9.97 Å². The molecule has 2 aliphatic carbocycles. The molecule has 0 aromatic carbocycles. The van der Waals surface area contributed by atoms with E-state index in [1.165, 1.54) is 25.7 Å². The third-order valence-electron chi connectivity index (χ3n) is 4.22. The lowest BCUT2D eigenvalue weighted by molar-refractivity contribution is 0.284. The molecule has 0 aliphatic heterocycles. The normalized spacial score (nSPS) is 35.7. The minimum absolute atomic E-state index is 0.154. The molecule has 2 N–H and O–H groups in total. The van der Waals surface area contributed by atoms with E-state index in [9.17, 15) is 0 Å². The highest BCUT2D eigenvalue weighted by atomic mass is 14.8. The van der Waals surface area contributed by atoms with Gasteiger partial charge >= 0.3 is 0 Å². The molecular weight excluding hydrogens is 186 g/mol. The molecule has 4 unspecified atom stereocenters. The van der Waals surface area contributed by atoms with E-state index in [1.807, 2.05) is 12.4 Å². The van der Waals surface area contributed by atoms with E-state index in [0.717, 1.165) is 17.4 Å². The largest absolute Gasteiger partial charge is 0.324 e. The van der Waals surface area contributed by atoms with Crippen molar-refractivity contribution >= 4 is 0 Å². The number of hydrogen-bond acceptors (Lipinski definition) is 3. The molecule has 3 heteroatoms. The van der Waals surface area contributed by atoms with Gasteiger partial charge in [0.25, 0.3) is 0 Å². The van der Waals surface area contributed by atoms with E-state index in [4.69, 9.17) is 5.73 Å². The number of fused-ring (bicyclic) bond motifs is 2. The highest BCUT2D eigenvalue weighted by Crippen LogP contribution is 2.51. The molecular formula is C12H17N3. The van der Waals surface area contributed by atoms with Crippen molar-refractivity contribution in [2.24, 2.45) is 23.5 Å². The number of rotatable bonds is 2. The van der Waals surface area contributed by atoms with Crippen molar-refractivity contribution in [3.63, 3.8) is 0 Å². The molecule has 2 saturated carbocycles. The monoisotopic (exact) mass is 203 g/mol. The molecule has 0 saturated heterocycles. The van der Waals surface area contributed by atoms with Crippen LogP contribution in [-0.2, 0) is 0 Å². The first kappa shape index (κ1) is 9.28. The van der Waals surface area contributed by atoms with Crippen molar-refractivity contribution in [2.75, 3.05) is 0 Å². The van der Waals surface area contributed by atoms with Crippen LogP contribution in [0.25, 0.3) is 0 Å². The molecule has 15 heavy (non-hydrogen) atoms. The van der Waals surface area contributed by atoms with Crippen molar-refractivity contribution in [3.05, 3.63) is 24.3 Å². The maximum absolute atomic E-state index is 6.31. The van der Waals surface area contributed by atoms with Gasteiger partial charge in [0, 0.05) is 24.0 Å². The first-order valence-electron chi connectivity index (χ1n) is 5.85. The van der Waals surface area contributed by atoms with Gasteiger partial charge in [0.05, 0.1) is 0 Å². The second kappa shape index (κ2) is 3.56. The Bertz CT molecular complexity index is 338. The summed E-state index contributed by atoms with van der Waals surface area (Å²) in [5.74, 6) is 2.50. The lowest BCUT2D eigenvalue weighted by Crippen LogP contribution is -2.26. The predicted octanol–water partition coefficient (Wildman–Crippen LogP) is 1.91. The topological polar surface area (TPSA) is 51.8 Å². The molecule has 3 nitrogen and oxygen atoms in total. The Hall–Kier alpha value is -0.960. The number of aromatic nitrogens is 2. The van der Waals surface area contributed by atoms with Crippen molar-refractivity contribution in [1.82, 2.24) is 9.97 Å². The van der Waals surface area contributed by atoms with E-state index >= 15 is 0 Å². The summed E-state index contributed by atoms with van der Waals surface area (Å²) >= 11 is 0. The summed E-state index contributed by atoms with van der Waals surface area (Å²) in [5.41, 5.74) is 7.41. The minimum atomic E-state index is 0.154. The fourth-order valence-corrected chi connectivity index (χ4v) is 3.46. The minimum Gasteiger partial charge on any atom is -0.324 e. The van der Waals surface area contributed by atoms with Crippen LogP contribution in [0.5, 0.6) is 0 Å². The van der Waals surface area contributed by atoms with Crippen molar-refractivity contribution in [2.45, 2.75) is 31.7 Å². The van der Waals surface area contributed by atoms with E-state index in [-0.39, 0.29) is 6.04 Å². The Morgan fingerprint density at radius 2 is 2.00 bits per heavy atom. The van der Waals surface area contributed by atoms with Crippen LogP contribution in [0.3, 0.4) is 0 Å². The summed E-state index contributed by atoms with van der Waals surface area (Å²) in [4.78, 5) is 8.10. The third kappa shape index (κ3) is 1.55. The molecule has 80 valence electrons.